The van der Waals surface area contributed by atoms with Crippen LogP contribution in [-0.2, 0) is 13.5 Å². The first-order valence-corrected chi connectivity index (χ1v) is 9.02. The van der Waals surface area contributed by atoms with Gasteiger partial charge in [0.2, 0.25) is 0 Å². The van der Waals surface area contributed by atoms with Gasteiger partial charge in [0, 0.05) is 38.7 Å². The molecule has 1 saturated heterocycles. The van der Waals surface area contributed by atoms with Crippen LogP contribution >= 0.6 is 0 Å². The van der Waals surface area contributed by atoms with Gasteiger partial charge in [-0.25, -0.2) is 15.0 Å². The Morgan fingerprint density at radius 2 is 2.00 bits per heavy atom. The number of piperidine rings is 1. The number of hydrogen-bond donors (Lipinski definition) is 0. The van der Waals surface area contributed by atoms with E-state index in [1.54, 1.807) is 24.9 Å². The smallest absolute Gasteiger partial charge is 0.131 e. The van der Waals surface area contributed by atoms with Gasteiger partial charge in [0.1, 0.15) is 23.7 Å². The van der Waals surface area contributed by atoms with Crippen molar-refractivity contribution in [2.24, 2.45) is 13.0 Å². The molecule has 0 N–H and O–H groups in total. The lowest BCUT2D eigenvalue weighted by molar-refractivity contribution is 0.408. The van der Waals surface area contributed by atoms with Crippen molar-refractivity contribution >= 4 is 5.82 Å². The largest absolute Gasteiger partial charge is 0.356 e. The van der Waals surface area contributed by atoms with E-state index in [2.05, 4.69) is 34.4 Å². The number of nitrogens with zero attached hydrogens (tertiary/aromatic N) is 7. The lowest BCUT2D eigenvalue weighted by Crippen LogP contribution is -2.37. The van der Waals surface area contributed by atoms with Crippen molar-refractivity contribution in [2.45, 2.75) is 26.2 Å². The van der Waals surface area contributed by atoms with Crippen molar-refractivity contribution in [3.63, 3.8) is 0 Å². The Balaban J connectivity index is 1.55. The molecule has 0 spiro atoms. The van der Waals surface area contributed by atoms with Gasteiger partial charge < -0.3 is 9.47 Å². The summed E-state index contributed by atoms with van der Waals surface area (Å²) in [7, 11) is 2.02. The molecule has 26 heavy (non-hydrogen) atoms. The van der Waals surface area contributed by atoms with Gasteiger partial charge in [-0.3, -0.25) is 9.97 Å². The third-order valence-electron chi connectivity index (χ3n) is 5.13. The van der Waals surface area contributed by atoms with E-state index in [-0.39, 0.29) is 0 Å². The van der Waals surface area contributed by atoms with E-state index >= 15 is 0 Å². The summed E-state index contributed by atoms with van der Waals surface area (Å²) in [5.41, 5.74) is 3.01. The second kappa shape index (κ2) is 7.19. The first kappa shape index (κ1) is 16.6. The summed E-state index contributed by atoms with van der Waals surface area (Å²) in [6.07, 6.45) is 12.1. The van der Waals surface area contributed by atoms with Gasteiger partial charge in [0.15, 0.2) is 0 Å². The van der Waals surface area contributed by atoms with Crippen LogP contribution in [0.3, 0.4) is 0 Å². The quantitative estimate of drug-likeness (QED) is 0.720. The van der Waals surface area contributed by atoms with E-state index in [1.165, 1.54) is 6.42 Å². The van der Waals surface area contributed by atoms with Gasteiger partial charge in [0.05, 0.1) is 17.6 Å². The highest BCUT2D eigenvalue weighted by molar-refractivity contribution is 5.57. The minimum absolute atomic E-state index is 0.531. The van der Waals surface area contributed by atoms with E-state index in [9.17, 15) is 0 Å². The molecule has 1 aliphatic heterocycles. The van der Waals surface area contributed by atoms with E-state index in [0.29, 0.717) is 5.92 Å². The molecule has 0 amide bonds. The molecule has 0 radical (unpaired) electrons. The Kier molecular flexibility index (Phi) is 4.60. The van der Waals surface area contributed by atoms with Crippen LogP contribution in [0.1, 0.15) is 24.4 Å². The van der Waals surface area contributed by atoms with E-state index in [4.69, 9.17) is 0 Å². The summed E-state index contributed by atoms with van der Waals surface area (Å²) in [6.45, 7) is 4.03. The normalized spacial score (nSPS) is 17.5. The van der Waals surface area contributed by atoms with E-state index in [1.807, 2.05) is 26.2 Å². The van der Waals surface area contributed by atoms with Crippen LogP contribution in [0.25, 0.3) is 11.4 Å². The summed E-state index contributed by atoms with van der Waals surface area (Å²) in [5.74, 6) is 2.51. The highest BCUT2D eigenvalue weighted by Gasteiger charge is 2.23. The number of hydrogen-bond acceptors (Lipinski definition) is 6. The number of aromatic nitrogens is 6. The monoisotopic (exact) mass is 349 g/mol. The fourth-order valence-electron chi connectivity index (χ4n) is 3.64. The van der Waals surface area contributed by atoms with E-state index < -0.39 is 0 Å². The van der Waals surface area contributed by atoms with E-state index in [0.717, 1.165) is 54.7 Å². The molecule has 7 nitrogen and oxygen atoms in total. The molecule has 1 aliphatic rings. The Hall–Kier alpha value is -2.83. The molecule has 0 aliphatic carbocycles. The molecule has 4 heterocycles. The van der Waals surface area contributed by atoms with Crippen LogP contribution in [0, 0.1) is 12.8 Å². The average Bonchev–Trinajstić information content (AvgIpc) is 3.02. The van der Waals surface area contributed by atoms with Gasteiger partial charge in [-0.2, -0.15) is 0 Å². The van der Waals surface area contributed by atoms with Crippen LogP contribution in [-0.4, -0.2) is 42.6 Å². The van der Waals surface area contributed by atoms with Crippen LogP contribution in [0.5, 0.6) is 0 Å². The van der Waals surface area contributed by atoms with Crippen molar-refractivity contribution in [2.75, 3.05) is 18.0 Å². The highest BCUT2D eigenvalue weighted by Crippen LogP contribution is 2.27. The lowest BCUT2D eigenvalue weighted by atomic mass is 9.92. The lowest BCUT2D eigenvalue weighted by Gasteiger charge is -2.33. The standard InChI is InChI=1S/C19H23N7/c1-14-23-11-17(25(14)2)19-16(21-7-8-22-19)10-15-4-3-9-26(12-15)18-5-6-20-13-24-18/h5-8,11,13,15H,3-4,9-10,12H2,1-2H3/t15-/m1/s1. The zero-order valence-electron chi connectivity index (χ0n) is 15.2. The average molecular weight is 349 g/mol. The maximum atomic E-state index is 4.65. The minimum atomic E-state index is 0.531. The van der Waals surface area contributed by atoms with Crippen molar-refractivity contribution in [3.8, 4) is 11.4 Å². The predicted octanol–water partition coefficient (Wildman–Crippen LogP) is 2.43. The summed E-state index contributed by atoms with van der Waals surface area (Å²) in [5, 5.41) is 0. The van der Waals surface area contributed by atoms with Crippen molar-refractivity contribution in [1.29, 1.82) is 0 Å². The SMILES string of the molecule is Cc1ncc(-c2nccnc2C[C@H]2CCCN(c3ccncn3)C2)n1C. The molecule has 7 heteroatoms. The molecule has 1 fully saturated rings. The molecule has 1 atom stereocenters. The summed E-state index contributed by atoms with van der Waals surface area (Å²) >= 11 is 0. The minimum Gasteiger partial charge on any atom is -0.356 e. The molecule has 3 aromatic rings. The Morgan fingerprint density at radius 3 is 2.77 bits per heavy atom. The van der Waals surface area contributed by atoms with Crippen LogP contribution in [0.15, 0.2) is 37.2 Å². The topological polar surface area (TPSA) is 72.6 Å². The van der Waals surface area contributed by atoms with Crippen LogP contribution in [0.4, 0.5) is 5.82 Å². The number of anilines is 1. The van der Waals surface area contributed by atoms with Crippen molar-refractivity contribution < 1.29 is 0 Å². The second-order valence-corrected chi connectivity index (χ2v) is 6.83. The fraction of sp³-hybridized carbons (Fsp3) is 0.421. The number of aryl methyl sites for hydroxylation is 1. The molecular formula is C19H23N7. The first-order chi connectivity index (χ1) is 12.7. The van der Waals surface area contributed by atoms with Gasteiger partial charge in [-0.15, -0.1) is 0 Å². The third kappa shape index (κ3) is 3.29. The van der Waals surface area contributed by atoms with Gasteiger partial charge >= 0.3 is 0 Å². The predicted molar refractivity (Wildman–Crippen MR) is 99.6 cm³/mol. The molecule has 4 rings (SSSR count). The summed E-state index contributed by atoms with van der Waals surface area (Å²) < 4.78 is 2.07. The maximum Gasteiger partial charge on any atom is 0.131 e. The summed E-state index contributed by atoms with van der Waals surface area (Å²) in [4.78, 5) is 24.4. The summed E-state index contributed by atoms with van der Waals surface area (Å²) in [6, 6.07) is 1.98. The van der Waals surface area contributed by atoms with Crippen LogP contribution < -0.4 is 4.90 Å². The fourth-order valence-corrected chi connectivity index (χ4v) is 3.64. The number of rotatable bonds is 4. The first-order valence-electron chi connectivity index (χ1n) is 9.02. The van der Waals surface area contributed by atoms with Gasteiger partial charge in [0.25, 0.3) is 0 Å². The molecule has 134 valence electrons. The van der Waals surface area contributed by atoms with Crippen molar-refractivity contribution in [1.82, 2.24) is 29.5 Å². The molecule has 3 aromatic heterocycles. The highest BCUT2D eigenvalue weighted by atomic mass is 15.2. The van der Waals surface area contributed by atoms with Gasteiger partial charge in [-0.1, -0.05) is 0 Å². The Morgan fingerprint density at radius 1 is 1.12 bits per heavy atom. The maximum absolute atomic E-state index is 4.65. The molecule has 0 bridgehead atoms. The zero-order chi connectivity index (χ0) is 17.9. The Bertz CT molecular complexity index is 875. The number of imidazole rings is 1. The molecule has 0 aromatic carbocycles. The van der Waals surface area contributed by atoms with Crippen LogP contribution in [0.2, 0.25) is 0 Å². The Labute approximate surface area is 153 Å². The van der Waals surface area contributed by atoms with Gasteiger partial charge in [-0.05, 0) is 38.2 Å². The third-order valence-corrected chi connectivity index (χ3v) is 5.13. The zero-order valence-corrected chi connectivity index (χ0v) is 15.2. The second-order valence-electron chi connectivity index (χ2n) is 6.83. The molecular weight excluding hydrogens is 326 g/mol. The molecule has 0 unspecified atom stereocenters. The van der Waals surface area contributed by atoms with Crippen molar-refractivity contribution in [3.05, 3.63) is 48.7 Å². The molecule has 0 saturated carbocycles.